The van der Waals surface area contributed by atoms with Gasteiger partial charge in [0.05, 0.1) is 9.26 Å². The van der Waals surface area contributed by atoms with E-state index in [0.29, 0.717) is 0 Å². The van der Waals surface area contributed by atoms with E-state index in [1.54, 1.807) is 11.6 Å². The molecule has 1 aromatic heterocycles. The van der Waals surface area contributed by atoms with Gasteiger partial charge < -0.3 is 5.11 Å². The Morgan fingerprint density at radius 1 is 1.62 bits per heavy atom. The van der Waals surface area contributed by atoms with Crippen molar-refractivity contribution in [1.82, 2.24) is 9.78 Å². The third kappa shape index (κ3) is 1.84. The molecule has 5 heteroatoms. The number of hydrogen-bond acceptors (Lipinski definition) is 2. The molecule has 0 spiro atoms. The highest BCUT2D eigenvalue weighted by Crippen LogP contribution is 2.18. The van der Waals surface area contributed by atoms with Gasteiger partial charge in [0.25, 0.3) is 0 Å². The molecule has 1 atom stereocenters. The number of halogens is 1. The predicted octanol–water partition coefficient (Wildman–Crippen LogP) is 1.75. The van der Waals surface area contributed by atoms with Crippen LogP contribution in [0.3, 0.4) is 0 Å². The minimum atomic E-state index is -0.859. The predicted molar refractivity (Wildman–Crippen MR) is 56.8 cm³/mol. The molecule has 0 bridgehead atoms. The van der Waals surface area contributed by atoms with Crippen LogP contribution in [0.1, 0.15) is 24.4 Å². The number of aromatic nitrogens is 2. The van der Waals surface area contributed by atoms with E-state index in [1.807, 2.05) is 13.8 Å². The van der Waals surface area contributed by atoms with Crippen LogP contribution in [0.25, 0.3) is 0 Å². The molecule has 0 fully saturated rings. The van der Waals surface area contributed by atoms with Crippen LogP contribution < -0.4 is 0 Å². The van der Waals surface area contributed by atoms with E-state index in [2.05, 4.69) is 27.7 Å². The molecule has 0 saturated heterocycles. The van der Waals surface area contributed by atoms with Gasteiger partial charge in [0.1, 0.15) is 6.04 Å². The molecule has 0 amide bonds. The maximum atomic E-state index is 10.7. The second-order valence-corrected chi connectivity index (χ2v) is 4.02. The fraction of sp³-hybridized carbons (Fsp3) is 0.500. The van der Waals surface area contributed by atoms with Crippen LogP contribution in [0.5, 0.6) is 0 Å². The van der Waals surface area contributed by atoms with Gasteiger partial charge in [0.15, 0.2) is 0 Å². The number of aryl methyl sites for hydroxylation is 1. The lowest BCUT2D eigenvalue weighted by Gasteiger charge is -2.08. The van der Waals surface area contributed by atoms with Crippen LogP contribution in [-0.4, -0.2) is 20.9 Å². The molecular weight excluding hydrogens is 283 g/mol. The first-order valence-corrected chi connectivity index (χ1v) is 4.97. The Balaban J connectivity index is 3.15. The molecule has 0 aliphatic heterocycles. The van der Waals surface area contributed by atoms with Crippen molar-refractivity contribution in [3.63, 3.8) is 0 Å². The Morgan fingerprint density at radius 3 is 2.46 bits per heavy atom. The molecule has 1 unspecified atom stereocenters. The molecule has 4 nitrogen and oxygen atoms in total. The third-order valence-electron chi connectivity index (χ3n) is 1.96. The molecule has 1 aromatic rings. The van der Waals surface area contributed by atoms with Crippen molar-refractivity contribution in [1.29, 1.82) is 0 Å². The van der Waals surface area contributed by atoms with Gasteiger partial charge in [0.2, 0.25) is 0 Å². The zero-order chi connectivity index (χ0) is 10.2. The largest absolute Gasteiger partial charge is 0.480 e. The monoisotopic (exact) mass is 294 g/mol. The van der Waals surface area contributed by atoms with Crippen molar-refractivity contribution in [2.45, 2.75) is 26.8 Å². The topological polar surface area (TPSA) is 55.1 Å². The fourth-order valence-electron chi connectivity index (χ4n) is 1.12. The maximum Gasteiger partial charge on any atom is 0.328 e. The number of rotatable bonds is 2. The van der Waals surface area contributed by atoms with Crippen LogP contribution in [0.4, 0.5) is 0 Å². The second-order valence-electron chi connectivity index (χ2n) is 2.94. The molecule has 0 radical (unpaired) electrons. The number of hydrogen-bond donors (Lipinski definition) is 1. The van der Waals surface area contributed by atoms with Gasteiger partial charge in [-0.1, -0.05) is 0 Å². The number of carboxylic acids is 1. The summed E-state index contributed by atoms with van der Waals surface area (Å²) in [5.41, 5.74) is 1.79. The second kappa shape index (κ2) is 3.65. The summed E-state index contributed by atoms with van der Waals surface area (Å²) in [4.78, 5) is 10.7. The van der Waals surface area contributed by atoms with Crippen LogP contribution in [0.15, 0.2) is 0 Å². The first-order chi connectivity index (χ1) is 5.95. The smallest absolute Gasteiger partial charge is 0.328 e. The molecular formula is C8H11IN2O2. The number of carboxylic acid groups (broad SMARTS) is 1. The first-order valence-electron chi connectivity index (χ1n) is 3.89. The van der Waals surface area contributed by atoms with Gasteiger partial charge in [-0.05, 0) is 43.4 Å². The van der Waals surface area contributed by atoms with E-state index in [1.165, 1.54) is 0 Å². The first kappa shape index (κ1) is 10.5. The number of nitrogens with zero attached hydrogens (tertiary/aromatic N) is 2. The van der Waals surface area contributed by atoms with E-state index in [9.17, 15) is 4.79 Å². The summed E-state index contributed by atoms with van der Waals surface area (Å²) in [6.45, 7) is 5.37. The van der Waals surface area contributed by atoms with Crippen molar-refractivity contribution in [3.8, 4) is 0 Å². The Hall–Kier alpha value is -0.590. The van der Waals surface area contributed by atoms with Crippen LogP contribution in [0, 0.1) is 17.4 Å². The molecule has 0 aliphatic rings. The summed E-state index contributed by atoms with van der Waals surface area (Å²) >= 11 is 2.17. The van der Waals surface area contributed by atoms with E-state index < -0.39 is 12.0 Å². The minimum absolute atomic E-state index is 0.595. The van der Waals surface area contributed by atoms with Gasteiger partial charge in [-0.2, -0.15) is 5.10 Å². The third-order valence-corrected chi connectivity index (χ3v) is 3.52. The van der Waals surface area contributed by atoms with Crippen molar-refractivity contribution in [3.05, 3.63) is 15.0 Å². The Bertz CT molecular complexity index is 346. The van der Waals surface area contributed by atoms with E-state index in [4.69, 9.17) is 5.11 Å². The Morgan fingerprint density at radius 2 is 2.15 bits per heavy atom. The molecule has 1 N–H and O–H groups in total. The zero-order valence-corrected chi connectivity index (χ0v) is 9.86. The van der Waals surface area contributed by atoms with E-state index in [-0.39, 0.29) is 0 Å². The number of aliphatic carboxylic acids is 1. The number of carbonyl (C=O) groups is 1. The highest BCUT2D eigenvalue weighted by Gasteiger charge is 2.18. The van der Waals surface area contributed by atoms with E-state index in [0.717, 1.165) is 15.0 Å². The lowest BCUT2D eigenvalue weighted by molar-refractivity contribution is -0.140. The summed E-state index contributed by atoms with van der Waals surface area (Å²) in [6.07, 6.45) is 0. The summed E-state index contributed by atoms with van der Waals surface area (Å²) in [7, 11) is 0. The van der Waals surface area contributed by atoms with Crippen LogP contribution in [0.2, 0.25) is 0 Å². The Labute approximate surface area is 90.1 Å². The lowest BCUT2D eigenvalue weighted by Crippen LogP contribution is -2.18. The zero-order valence-electron chi connectivity index (χ0n) is 7.71. The SMILES string of the molecule is Cc1nn(C(C)C(=O)O)c(C)c1I. The molecule has 0 aliphatic carbocycles. The van der Waals surface area contributed by atoms with E-state index >= 15 is 0 Å². The summed E-state index contributed by atoms with van der Waals surface area (Å²) in [5, 5.41) is 13.0. The van der Waals surface area contributed by atoms with Crippen molar-refractivity contribution in [2.24, 2.45) is 0 Å². The van der Waals surface area contributed by atoms with Crippen LogP contribution in [-0.2, 0) is 4.79 Å². The van der Waals surface area contributed by atoms with Gasteiger partial charge in [-0.3, -0.25) is 4.68 Å². The van der Waals surface area contributed by atoms with Crippen LogP contribution >= 0.6 is 22.6 Å². The highest BCUT2D eigenvalue weighted by molar-refractivity contribution is 14.1. The minimum Gasteiger partial charge on any atom is -0.480 e. The summed E-state index contributed by atoms with van der Waals surface area (Å²) in [6, 6.07) is -0.595. The van der Waals surface area contributed by atoms with Gasteiger partial charge in [-0.25, -0.2) is 4.79 Å². The summed E-state index contributed by atoms with van der Waals surface area (Å²) in [5.74, 6) is -0.859. The molecule has 1 heterocycles. The average Bonchev–Trinajstić information content (AvgIpc) is 2.31. The van der Waals surface area contributed by atoms with Gasteiger partial charge in [0, 0.05) is 5.69 Å². The lowest BCUT2D eigenvalue weighted by atomic mass is 10.3. The van der Waals surface area contributed by atoms with Crippen molar-refractivity contribution >= 4 is 28.6 Å². The molecule has 0 aromatic carbocycles. The highest BCUT2D eigenvalue weighted by atomic mass is 127. The average molecular weight is 294 g/mol. The normalized spacial score (nSPS) is 12.9. The maximum absolute atomic E-state index is 10.7. The standard InChI is InChI=1S/C8H11IN2O2/c1-4-7(9)5(2)11(10-4)6(3)8(12)13/h6H,1-3H3,(H,12,13). The quantitative estimate of drug-likeness (QED) is 0.845. The summed E-state index contributed by atoms with van der Waals surface area (Å²) < 4.78 is 2.57. The molecule has 72 valence electrons. The van der Waals surface area contributed by atoms with Gasteiger partial charge in [-0.15, -0.1) is 0 Å². The van der Waals surface area contributed by atoms with Crippen molar-refractivity contribution in [2.75, 3.05) is 0 Å². The molecule has 1 rings (SSSR count). The van der Waals surface area contributed by atoms with Crippen molar-refractivity contribution < 1.29 is 9.90 Å². The fourth-order valence-corrected chi connectivity index (χ4v) is 1.48. The molecule has 0 saturated carbocycles. The molecule has 13 heavy (non-hydrogen) atoms. The van der Waals surface area contributed by atoms with Gasteiger partial charge >= 0.3 is 5.97 Å². The Kier molecular flexibility index (Phi) is 2.94.